The van der Waals surface area contributed by atoms with Gasteiger partial charge in [0, 0.05) is 26.1 Å². The number of benzene rings is 1. The second-order valence-electron chi connectivity index (χ2n) is 7.80. The summed E-state index contributed by atoms with van der Waals surface area (Å²) in [4.78, 5) is 21.1. The maximum Gasteiger partial charge on any atom is 0.266 e. The van der Waals surface area contributed by atoms with Crippen LogP contribution in [0.5, 0.6) is 0 Å². The van der Waals surface area contributed by atoms with Crippen molar-refractivity contribution in [3.8, 4) is 0 Å². The van der Waals surface area contributed by atoms with Gasteiger partial charge in [0.05, 0.1) is 5.54 Å². The Bertz CT molecular complexity index is 835. The molecule has 2 aromatic rings. The van der Waals surface area contributed by atoms with Crippen molar-refractivity contribution in [2.45, 2.75) is 43.2 Å². The number of morpholine rings is 1. The predicted octanol–water partition coefficient (Wildman–Crippen LogP) is 2.30. The Morgan fingerprint density at radius 3 is 2.78 bits per heavy atom. The minimum absolute atomic E-state index is 0.0235. The summed E-state index contributed by atoms with van der Waals surface area (Å²) in [6.07, 6.45) is 4.13. The first-order valence-corrected chi connectivity index (χ1v) is 9.71. The summed E-state index contributed by atoms with van der Waals surface area (Å²) in [6.45, 7) is 1.50. The number of nitrogens with zero attached hydrogens (tertiary/aromatic N) is 4. The van der Waals surface area contributed by atoms with Gasteiger partial charge in [-0.15, -0.1) is 0 Å². The van der Waals surface area contributed by atoms with Crippen LogP contribution in [0, 0.1) is 0 Å². The highest BCUT2D eigenvalue weighted by atomic mass is 16.5. The Balaban J connectivity index is 1.44. The molecule has 3 aliphatic rings. The third kappa shape index (κ3) is 2.56. The third-order valence-electron chi connectivity index (χ3n) is 6.50. The first-order chi connectivity index (χ1) is 13.2. The van der Waals surface area contributed by atoms with Crippen LogP contribution in [0.2, 0.25) is 0 Å². The minimum Gasteiger partial charge on any atom is -0.364 e. The Kier molecular flexibility index (Phi) is 3.93. The van der Waals surface area contributed by atoms with E-state index in [9.17, 15) is 4.79 Å². The van der Waals surface area contributed by atoms with Crippen LogP contribution in [0.3, 0.4) is 0 Å². The second kappa shape index (κ2) is 6.34. The number of rotatable bonds is 3. The monoisotopic (exact) mass is 368 g/mol. The fourth-order valence-corrected chi connectivity index (χ4v) is 4.58. The lowest BCUT2D eigenvalue weighted by Crippen LogP contribution is -2.67. The highest BCUT2D eigenvalue weighted by Crippen LogP contribution is 2.43. The van der Waals surface area contributed by atoms with Gasteiger partial charge in [-0.05, 0) is 30.0 Å². The lowest BCUT2D eigenvalue weighted by molar-refractivity contribution is -0.173. The smallest absolute Gasteiger partial charge is 0.266 e. The summed E-state index contributed by atoms with van der Waals surface area (Å²) in [7, 11) is 1.89. The van der Waals surface area contributed by atoms with E-state index in [0.717, 1.165) is 37.3 Å². The normalized spacial score (nSPS) is 28.8. The maximum absolute atomic E-state index is 12.4. The molecular formula is C20H24N4O3. The number of carbonyl (C=O) groups is 1. The highest BCUT2D eigenvalue weighted by Gasteiger charge is 2.53. The van der Waals surface area contributed by atoms with E-state index in [1.54, 1.807) is 0 Å². The van der Waals surface area contributed by atoms with Crippen molar-refractivity contribution < 1.29 is 14.1 Å². The van der Waals surface area contributed by atoms with Crippen LogP contribution in [-0.2, 0) is 15.1 Å². The third-order valence-corrected chi connectivity index (χ3v) is 6.50. The summed E-state index contributed by atoms with van der Waals surface area (Å²) in [5.41, 5.74) is 0.668. The number of hydrogen-bond donors (Lipinski definition) is 0. The summed E-state index contributed by atoms with van der Waals surface area (Å²) in [6, 6.07) is 10.2. The largest absolute Gasteiger partial charge is 0.364 e. The topological polar surface area (TPSA) is 71.7 Å². The SMILES string of the molecule is CN1C(=O)CO[C@@H]2CN(c3noc(C4CCC4)n3)CC[C@]21c1ccccc1. The van der Waals surface area contributed by atoms with E-state index in [1.165, 1.54) is 6.42 Å². The molecule has 27 heavy (non-hydrogen) atoms. The number of fused-ring (bicyclic) bond motifs is 1. The fraction of sp³-hybridized carbons (Fsp3) is 0.550. The van der Waals surface area contributed by atoms with Crippen molar-refractivity contribution in [1.82, 2.24) is 15.0 Å². The van der Waals surface area contributed by atoms with Crippen LogP contribution < -0.4 is 4.90 Å². The molecule has 7 nitrogen and oxygen atoms in total. The molecule has 0 unspecified atom stereocenters. The molecule has 5 rings (SSSR count). The Morgan fingerprint density at radius 1 is 1.22 bits per heavy atom. The minimum atomic E-state index is -0.451. The number of anilines is 1. The van der Waals surface area contributed by atoms with Gasteiger partial charge in [-0.3, -0.25) is 4.79 Å². The van der Waals surface area contributed by atoms with Crippen LogP contribution in [0.15, 0.2) is 34.9 Å². The van der Waals surface area contributed by atoms with Crippen molar-refractivity contribution >= 4 is 11.9 Å². The van der Waals surface area contributed by atoms with Crippen molar-refractivity contribution in [1.29, 1.82) is 0 Å². The number of aromatic nitrogens is 2. The zero-order valence-corrected chi connectivity index (χ0v) is 15.5. The van der Waals surface area contributed by atoms with Crippen LogP contribution in [0.1, 0.15) is 43.1 Å². The van der Waals surface area contributed by atoms with E-state index in [2.05, 4.69) is 27.2 Å². The molecule has 0 radical (unpaired) electrons. The number of carbonyl (C=O) groups excluding carboxylic acids is 1. The van der Waals surface area contributed by atoms with Crippen LogP contribution in [-0.4, -0.2) is 53.8 Å². The van der Waals surface area contributed by atoms with Crippen LogP contribution in [0.25, 0.3) is 0 Å². The molecule has 0 spiro atoms. The van der Waals surface area contributed by atoms with Crippen molar-refractivity contribution in [3.63, 3.8) is 0 Å². The predicted molar refractivity (Wildman–Crippen MR) is 98.4 cm³/mol. The maximum atomic E-state index is 12.4. The molecule has 2 atom stereocenters. The van der Waals surface area contributed by atoms with Crippen molar-refractivity contribution in [3.05, 3.63) is 41.8 Å². The number of amides is 1. The summed E-state index contributed by atoms with van der Waals surface area (Å²) in [5.74, 6) is 1.85. The summed E-state index contributed by atoms with van der Waals surface area (Å²) < 4.78 is 11.5. The second-order valence-corrected chi connectivity index (χ2v) is 7.80. The lowest BCUT2D eigenvalue weighted by atomic mass is 9.76. The number of piperidine rings is 1. The fourth-order valence-electron chi connectivity index (χ4n) is 4.58. The number of likely N-dealkylation sites (N-methyl/N-ethyl adjacent to an activating group) is 1. The molecule has 3 heterocycles. The quantitative estimate of drug-likeness (QED) is 0.828. The highest BCUT2D eigenvalue weighted by molar-refractivity contribution is 5.79. The Labute approximate surface area is 158 Å². The molecule has 1 aromatic carbocycles. The van der Waals surface area contributed by atoms with Gasteiger partial charge in [-0.1, -0.05) is 36.8 Å². The van der Waals surface area contributed by atoms with E-state index in [-0.39, 0.29) is 18.6 Å². The molecule has 142 valence electrons. The van der Waals surface area contributed by atoms with Crippen molar-refractivity contribution in [2.24, 2.45) is 0 Å². The van der Waals surface area contributed by atoms with Crippen LogP contribution in [0.4, 0.5) is 5.95 Å². The zero-order valence-electron chi connectivity index (χ0n) is 15.5. The first-order valence-electron chi connectivity index (χ1n) is 9.71. The van der Waals surface area contributed by atoms with E-state index >= 15 is 0 Å². The molecule has 0 bridgehead atoms. The molecule has 2 aliphatic heterocycles. The van der Waals surface area contributed by atoms with Gasteiger partial charge in [-0.2, -0.15) is 4.98 Å². The van der Waals surface area contributed by atoms with E-state index in [1.807, 2.05) is 30.1 Å². The van der Waals surface area contributed by atoms with Gasteiger partial charge in [-0.25, -0.2) is 0 Å². The number of ether oxygens (including phenoxy) is 1. The molecule has 0 N–H and O–H groups in total. The molecule has 2 saturated heterocycles. The van der Waals surface area contributed by atoms with E-state index in [4.69, 9.17) is 9.26 Å². The zero-order chi connectivity index (χ0) is 18.4. The number of hydrogen-bond acceptors (Lipinski definition) is 6. The molecule has 1 amide bonds. The Hall–Kier alpha value is -2.41. The molecule has 1 saturated carbocycles. The molecular weight excluding hydrogens is 344 g/mol. The summed E-state index contributed by atoms with van der Waals surface area (Å²) in [5, 5.41) is 4.21. The van der Waals surface area contributed by atoms with Gasteiger partial charge >= 0.3 is 0 Å². The van der Waals surface area contributed by atoms with Gasteiger partial charge in [0.1, 0.15) is 12.7 Å². The van der Waals surface area contributed by atoms with E-state index in [0.29, 0.717) is 18.4 Å². The average Bonchev–Trinajstić information content (AvgIpc) is 3.13. The molecule has 1 aromatic heterocycles. The first kappa shape index (κ1) is 16.7. The standard InChI is InChI=1S/C20H24N4O3/c1-23-17(25)13-26-16-12-24(19-21-18(27-22-19)14-6-5-7-14)11-10-20(16,23)15-8-3-2-4-9-15/h2-4,8-9,14,16H,5-7,10-13H2,1H3/t16-,20+/m1/s1. The Morgan fingerprint density at radius 2 is 2.04 bits per heavy atom. The van der Waals surface area contributed by atoms with E-state index < -0.39 is 5.54 Å². The summed E-state index contributed by atoms with van der Waals surface area (Å²) >= 11 is 0. The molecule has 3 fully saturated rings. The van der Waals surface area contributed by atoms with Gasteiger partial charge < -0.3 is 19.1 Å². The average molecular weight is 368 g/mol. The van der Waals surface area contributed by atoms with Crippen LogP contribution >= 0.6 is 0 Å². The van der Waals surface area contributed by atoms with Gasteiger partial charge in [0.25, 0.3) is 5.95 Å². The lowest BCUT2D eigenvalue weighted by Gasteiger charge is -2.54. The van der Waals surface area contributed by atoms with Gasteiger partial charge in [0.2, 0.25) is 11.8 Å². The molecule has 1 aliphatic carbocycles. The van der Waals surface area contributed by atoms with Gasteiger partial charge in [0.15, 0.2) is 0 Å². The van der Waals surface area contributed by atoms with Crippen molar-refractivity contribution in [2.75, 3.05) is 31.6 Å². The molecule has 7 heteroatoms.